The van der Waals surface area contributed by atoms with Crippen LogP contribution in [0.4, 0.5) is 5.69 Å². The third kappa shape index (κ3) is 3.98. The number of aromatic hydroxyl groups is 1. The highest BCUT2D eigenvalue weighted by atomic mass is 16.3. The number of H-pyrrole nitrogens is 1. The first-order valence-electron chi connectivity index (χ1n) is 9.38. The van der Waals surface area contributed by atoms with Crippen molar-refractivity contribution in [1.29, 1.82) is 0 Å². The molecule has 0 spiro atoms. The van der Waals surface area contributed by atoms with Gasteiger partial charge in [0.2, 0.25) is 0 Å². The van der Waals surface area contributed by atoms with Crippen molar-refractivity contribution in [3.63, 3.8) is 0 Å². The Morgan fingerprint density at radius 3 is 2.04 bits per heavy atom. The summed E-state index contributed by atoms with van der Waals surface area (Å²) >= 11 is 0. The Morgan fingerprint density at radius 1 is 0.929 bits per heavy atom. The van der Waals surface area contributed by atoms with Gasteiger partial charge in [0.05, 0.1) is 5.69 Å². The van der Waals surface area contributed by atoms with Crippen molar-refractivity contribution in [2.24, 2.45) is 10.2 Å². The van der Waals surface area contributed by atoms with Gasteiger partial charge in [-0.25, -0.2) is 0 Å². The first-order chi connectivity index (χ1) is 13.0. The lowest BCUT2D eigenvalue weighted by atomic mass is 9.79. The first kappa shape index (κ1) is 19.8. The molecule has 3 rings (SSSR count). The Morgan fingerprint density at radius 2 is 1.50 bits per heavy atom. The van der Waals surface area contributed by atoms with Crippen molar-refractivity contribution in [3.05, 3.63) is 59.3 Å². The van der Waals surface area contributed by atoms with Crippen LogP contribution in [0, 0.1) is 0 Å². The zero-order valence-electron chi connectivity index (χ0n) is 17.3. The van der Waals surface area contributed by atoms with Gasteiger partial charge >= 0.3 is 5.91 Å². The van der Waals surface area contributed by atoms with Crippen molar-refractivity contribution in [2.45, 2.75) is 52.4 Å². The van der Waals surface area contributed by atoms with Crippen molar-refractivity contribution in [3.8, 4) is 5.75 Å². The molecule has 28 heavy (non-hydrogen) atoms. The molecular weight excluding hydrogens is 350 g/mol. The Hall–Kier alpha value is -2.95. The second-order valence-electron chi connectivity index (χ2n) is 9.16. The number of carbonyl (C=O) groups is 1. The van der Waals surface area contributed by atoms with Gasteiger partial charge in [0.1, 0.15) is 11.4 Å². The highest BCUT2D eigenvalue weighted by Crippen LogP contribution is 2.41. The fourth-order valence-electron chi connectivity index (χ4n) is 3.17. The molecule has 0 saturated carbocycles. The number of para-hydroxylation sites is 1. The summed E-state index contributed by atoms with van der Waals surface area (Å²) in [6, 6.07) is 13.0. The zero-order chi connectivity index (χ0) is 20.7. The van der Waals surface area contributed by atoms with Crippen LogP contribution < -0.4 is 0 Å². The fraction of sp³-hybridized carbons (Fsp3) is 0.348. The number of hydrogen-bond donors (Lipinski definition) is 2. The van der Waals surface area contributed by atoms with Gasteiger partial charge in [-0.3, -0.25) is 4.79 Å². The van der Waals surface area contributed by atoms with Crippen LogP contribution >= 0.6 is 0 Å². The molecule has 0 bridgehead atoms. The summed E-state index contributed by atoms with van der Waals surface area (Å²) in [6.45, 7) is 12.2. The van der Waals surface area contributed by atoms with Crippen molar-refractivity contribution < 1.29 is 9.90 Å². The molecule has 0 saturated heterocycles. The molecule has 0 aliphatic rings. The van der Waals surface area contributed by atoms with Crippen LogP contribution in [0.5, 0.6) is 5.75 Å². The Labute approximate surface area is 165 Å². The van der Waals surface area contributed by atoms with E-state index in [0.717, 1.165) is 22.0 Å². The van der Waals surface area contributed by atoms with E-state index in [4.69, 9.17) is 0 Å². The van der Waals surface area contributed by atoms with E-state index in [-0.39, 0.29) is 16.6 Å². The normalized spacial score (nSPS) is 12.8. The van der Waals surface area contributed by atoms with Gasteiger partial charge < -0.3 is 10.1 Å². The number of benzene rings is 2. The van der Waals surface area contributed by atoms with E-state index in [0.29, 0.717) is 11.4 Å². The monoisotopic (exact) mass is 377 g/mol. The highest BCUT2D eigenvalue weighted by Gasteiger charge is 2.26. The van der Waals surface area contributed by atoms with Crippen LogP contribution in [0.1, 0.15) is 63.2 Å². The predicted octanol–water partition coefficient (Wildman–Crippen LogP) is 6.39. The predicted molar refractivity (Wildman–Crippen MR) is 113 cm³/mol. The number of amides is 1. The number of aromatic nitrogens is 1. The molecule has 1 heterocycles. The van der Waals surface area contributed by atoms with Gasteiger partial charge in [-0.15, -0.1) is 10.2 Å². The number of aromatic amines is 1. The summed E-state index contributed by atoms with van der Waals surface area (Å²) < 4.78 is 0. The van der Waals surface area contributed by atoms with Crippen LogP contribution in [-0.4, -0.2) is 16.0 Å². The quantitative estimate of drug-likeness (QED) is 0.507. The molecule has 0 aliphatic heterocycles. The van der Waals surface area contributed by atoms with Gasteiger partial charge in [0.15, 0.2) is 0 Å². The van der Waals surface area contributed by atoms with Crippen molar-refractivity contribution in [1.82, 2.24) is 4.98 Å². The topological polar surface area (TPSA) is 77.8 Å². The molecule has 0 atom stereocenters. The molecular formula is C23H27N3O2. The lowest BCUT2D eigenvalue weighted by Gasteiger charge is -2.27. The average molecular weight is 377 g/mol. The second kappa shape index (κ2) is 6.89. The SMILES string of the molecule is CC(C)(C)c1cc(N=NC(=O)c2cc3ccccc3[nH]2)cc(C(C)(C)C)c1O. The standard InChI is InChI=1S/C23H27N3O2/c1-22(2,3)16-12-15(13-17(20(16)27)23(4,5)6)25-26-21(28)19-11-14-9-7-8-10-18(14)24-19/h7-13,24,27H,1-6H3. The zero-order valence-corrected chi connectivity index (χ0v) is 17.3. The number of phenols is 1. The van der Waals surface area contributed by atoms with E-state index in [1.807, 2.05) is 65.8 Å². The number of carbonyl (C=O) groups excluding carboxylic acids is 1. The van der Waals surface area contributed by atoms with Crippen LogP contribution in [-0.2, 0) is 10.8 Å². The van der Waals surface area contributed by atoms with Crippen molar-refractivity contribution in [2.75, 3.05) is 0 Å². The first-order valence-corrected chi connectivity index (χ1v) is 9.38. The third-order valence-corrected chi connectivity index (χ3v) is 4.73. The molecule has 0 fully saturated rings. The number of nitrogens with zero attached hydrogens (tertiary/aromatic N) is 2. The van der Waals surface area contributed by atoms with Gasteiger partial charge in [0, 0.05) is 22.0 Å². The molecule has 146 valence electrons. The third-order valence-electron chi connectivity index (χ3n) is 4.73. The number of phenolic OH excluding ortho intramolecular Hbond substituents is 1. The highest BCUT2D eigenvalue weighted by molar-refractivity contribution is 5.98. The van der Waals surface area contributed by atoms with Crippen molar-refractivity contribution >= 4 is 22.5 Å². The lowest BCUT2D eigenvalue weighted by Crippen LogP contribution is -2.16. The van der Waals surface area contributed by atoms with E-state index in [9.17, 15) is 9.90 Å². The minimum absolute atomic E-state index is 0.267. The van der Waals surface area contributed by atoms with Gasteiger partial charge in [0.25, 0.3) is 0 Å². The van der Waals surface area contributed by atoms with Crippen LogP contribution in [0.15, 0.2) is 52.7 Å². The number of hydrogen-bond acceptors (Lipinski definition) is 3. The number of rotatable bonds is 2. The summed E-state index contributed by atoms with van der Waals surface area (Å²) in [5, 5.41) is 19.8. The fourth-order valence-corrected chi connectivity index (χ4v) is 3.17. The maximum absolute atomic E-state index is 12.5. The summed E-state index contributed by atoms with van der Waals surface area (Å²) in [5.74, 6) is -0.153. The van der Waals surface area contributed by atoms with E-state index in [1.165, 1.54) is 0 Å². The molecule has 0 unspecified atom stereocenters. The van der Waals surface area contributed by atoms with Gasteiger partial charge in [-0.05, 0) is 35.1 Å². The molecule has 5 nitrogen and oxygen atoms in total. The van der Waals surface area contributed by atoms with Crippen LogP contribution in [0.2, 0.25) is 0 Å². The number of azo groups is 1. The van der Waals surface area contributed by atoms with E-state index < -0.39 is 5.91 Å². The number of fused-ring (bicyclic) bond motifs is 1. The Balaban J connectivity index is 1.99. The summed E-state index contributed by atoms with van der Waals surface area (Å²) in [4.78, 5) is 15.5. The lowest BCUT2D eigenvalue weighted by molar-refractivity contribution is 0.0991. The number of nitrogens with one attached hydrogen (secondary N) is 1. The maximum Gasteiger partial charge on any atom is 0.311 e. The molecule has 1 amide bonds. The van der Waals surface area contributed by atoms with Crippen LogP contribution in [0.3, 0.4) is 0 Å². The molecule has 1 aromatic heterocycles. The van der Waals surface area contributed by atoms with Gasteiger partial charge in [-0.1, -0.05) is 59.7 Å². The molecule has 0 radical (unpaired) electrons. The molecule has 2 N–H and O–H groups in total. The Kier molecular flexibility index (Phi) is 4.88. The summed E-state index contributed by atoms with van der Waals surface area (Å²) in [5.41, 5.74) is 2.87. The molecule has 2 aromatic carbocycles. The largest absolute Gasteiger partial charge is 0.507 e. The van der Waals surface area contributed by atoms with E-state index >= 15 is 0 Å². The smallest absolute Gasteiger partial charge is 0.311 e. The minimum atomic E-state index is -0.432. The second-order valence-corrected chi connectivity index (χ2v) is 9.16. The molecule has 3 aromatic rings. The van der Waals surface area contributed by atoms with Crippen LogP contribution in [0.25, 0.3) is 10.9 Å². The van der Waals surface area contributed by atoms with Gasteiger partial charge in [-0.2, -0.15) is 0 Å². The van der Waals surface area contributed by atoms with E-state index in [1.54, 1.807) is 18.2 Å². The summed E-state index contributed by atoms with van der Waals surface area (Å²) in [7, 11) is 0. The summed E-state index contributed by atoms with van der Waals surface area (Å²) in [6.07, 6.45) is 0. The Bertz CT molecular complexity index is 995. The maximum atomic E-state index is 12.5. The van der Waals surface area contributed by atoms with E-state index in [2.05, 4.69) is 15.2 Å². The molecule has 0 aliphatic carbocycles. The molecule has 5 heteroatoms. The average Bonchev–Trinajstić information content (AvgIpc) is 3.02. The minimum Gasteiger partial charge on any atom is -0.507 e.